The average Bonchev–Trinajstić information content (AvgIpc) is 2.70. The number of halogens is 3. The molecule has 3 rings (SSSR count). The van der Waals surface area contributed by atoms with E-state index in [1.165, 1.54) is 28.6 Å². The molecule has 0 aliphatic carbocycles. The smallest absolute Gasteiger partial charge is 0.276 e. The third-order valence-corrected chi connectivity index (χ3v) is 7.12. The molecule has 0 radical (unpaired) electrons. The first-order chi connectivity index (χ1) is 15.4. The number of amides is 1. The molecule has 1 saturated heterocycles. The number of nitrogens with two attached hydrogens (primary N) is 1. The van der Waals surface area contributed by atoms with Crippen LogP contribution in [0, 0.1) is 11.7 Å². The van der Waals surface area contributed by atoms with Gasteiger partial charge in [-0.3, -0.25) is 4.79 Å². The van der Waals surface area contributed by atoms with Crippen LogP contribution in [-0.4, -0.2) is 31.7 Å². The van der Waals surface area contributed by atoms with Crippen molar-refractivity contribution in [2.45, 2.75) is 39.0 Å². The summed E-state index contributed by atoms with van der Waals surface area (Å²) >= 11 is 12.7. The molecular weight excluding hydrogens is 492 g/mol. The van der Waals surface area contributed by atoms with E-state index in [4.69, 9.17) is 33.1 Å². The van der Waals surface area contributed by atoms with E-state index < -0.39 is 16.0 Å². The van der Waals surface area contributed by atoms with E-state index in [1.54, 1.807) is 6.07 Å². The van der Waals surface area contributed by atoms with E-state index in [1.807, 2.05) is 13.8 Å². The number of benzene rings is 2. The molecule has 180 valence electrons. The fourth-order valence-corrected chi connectivity index (χ4v) is 4.95. The number of carbonyl (C=O) groups is 1. The third kappa shape index (κ3) is 7.04. The molecule has 1 aliphatic heterocycles. The van der Waals surface area contributed by atoms with E-state index in [9.17, 15) is 17.6 Å². The van der Waals surface area contributed by atoms with E-state index in [0.717, 1.165) is 5.56 Å². The predicted octanol–water partition coefficient (Wildman–Crippen LogP) is 5.29. The summed E-state index contributed by atoms with van der Waals surface area (Å²) in [6.45, 7) is 4.47. The second kappa shape index (κ2) is 10.6. The second-order valence-corrected chi connectivity index (χ2v) is 10.7. The molecule has 0 spiro atoms. The minimum atomic E-state index is -3.70. The van der Waals surface area contributed by atoms with E-state index in [0.29, 0.717) is 31.6 Å². The Labute approximate surface area is 203 Å². The number of anilines is 1. The molecular formula is C22H26Cl2FN3O4S. The second-order valence-electron chi connectivity index (χ2n) is 8.39. The van der Waals surface area contributed by atoms with Crippen LogP contribution in [0.1, 0.15) is 44.6 Å². The minimum Gasteiger partial charge on any atom is -0.454 e. The van der Waals surface area contributed by atoms with Crippen LogP contribution in [0.2, 0.25) is 10.0 Å². The summed E-state index contributed by atoms with van der Waals surface area (Å²) in [5.41, 5.74) is 1.17. The molecule has 0 saturated carbocycles. The van der Waals surface area contributed by atoms with Gasteiger partial charge in [-0.15, -0.1) is 0 Å². The van der Waals surface area contributed by atoms with Crippen LogP contribution < -0.4 is 15.2 Å². The maximum Gasteiger partial charge on any atom is 0.276 e. The fourth-order valence-electron chi connectivity index (χ4n) is 3.67. The first kappa shape index (κ1) is 25.7. The van der Waals surface area contributed by atoms with Gasteiger partial charge >= 0.3 is 0 Å². The Bertz CT molecular complexity index is 1110. The Kier molecular flexibility index (Phi) is 8.23. The Morgan fingerprint density at radius 3 is 2.33 bits per heavy atom. The van der Waals surface area contributed by atoms with Crippen LogP contribution in [0.4, 0.5) is 10.1 Å². The normalized spacial score (nSPS) is 15.6. The van der Waals surface area contributed by atoms with Gasteiger partial charge in [0.2, 0.25) is 5.91 Å². The zero-order chi connectivity index (χ0) is 24.3. The highest BCUT2D eigenvalue weighted by Crippen LogP contribution is 2.39. The van der Waals surface area contributed by atoms with Crippen molar-refractivity contribution < 1.29 is 22.3 Å². The molecule has 1 heterocycles. The van der Waals surface area contributed by atoms with Gasteiger partial charge in [-0.25, -0.2) is 9.53 Å². The van der Waals surface area contributed by atoms with Crippen LogP contribution in [-0.2, 0) is 15.0 Å². The number of hydrogen-bond acceptors (Lipinski definition) is 4. The van der Waals surface area contributed by atoms with Gasteiger partial charge in [0.1, 0.15) is 11.6 Å². The highest BCUT2D eigenvalue weighted by molar-refractivity contribution is 7.86. The van der Waals surface area contributed by atoms with Crippen molar-refractivity contribution in [2.24, 2.45) is 11.1 Å². The molecule has 0 unspecified atom stereocenters. The summed E-state index contributed by atoms with van der Waals surface area (Å²) in [7, 11) is -3.70. The molecule has 1 amide bonds. The zero-order valence-electron chi connectivity index (χ0n) is 18.3. The number of hydrogen-bond donors (Lipinski definition) is 2. The number of nitrogens with one attached hydrogen (secondary N) is 1. The zero-order valence-corrected chi connectivity index (χ0v) is 20.6. The highest BCUT2D eigenvalue weighted by atomic mass is 35.5. The van der Waals surface area contributed by atoms with Crippen LogP contribution in [0.15, 0.2) is 30.3 Å². The van der Waals surface area contributed by atoms with Crippen molar-refractivity contribution in [2.75, 3.05) is 18.4 Å². The Morgan fingerprint density at radius 1 is 1.18 bits per heavy atom. The molecule has 11 heteroatoms. The Hall–Kier alpha value is -1.91. The van der Waals surface area contributed by atoms with Crippen molar-refractivity contribution in [1.29, 1.82) is 0 Å². The molecule has 33 heavy (non-hydrogen) atoms. The van der Waals surface area contributed by atoms with Crippen molar-refractivity contribution in [1.82, 2.24) is 4.31 Å². The number of piperidine rings is 1. The van der Waals surface area contributed by atoms with Crippen molar-refractivity contribution in [3.05, 3.63) is 51.8 Å². The molecule has 3 N–H and O–H groups in total. The predicted molar refractivity (Wildman–Crippen MR) is 128 cm³/mol. The summed E-state index contributed by atoms with van der Waals surface area (Å²) in [5.74, 6) is -0.0888. The molecule has 0 atom stereocenters. The van der Waals surface area contributed by atoms with E-state index in [-0.39, 0.29) is 45.7 Å². The number of rotatable bonds is 7. The van der Waals surface area contributed by atoms with Gasteiger partial charge in [0.05, 0.1) is 10.0 Å². The number of ether oxygens (including phenoxy) is 1. The Morgan fingerprint density at radius 2 is 1.79 bits per heavy atom. The van der Waals surface area contributed by atoms with Crippen molar-refractivity contribution in [3.8, 4) is 11.5 Å². The lowest BCUT2D eigenvalue weighted by atomic mass is 9.94. The highest BCUT2D eigenvalue weighted by Gasteiger charge is 2.26. The van der Waals surface area contributed by atoms with Crippen LogP contribution in [0.3, 0.4) is 0 Å². The topological polar surface area (TPSA) is 102 Å². The lowest BCUT2D eigenvalue weighted by molar-refractivity contribution is -0.117. The fraction of sp³-hybridized carbons (Fsp3) is 0.409. The molecule has 1 fully saturated rings. The van der Waals surface area contributed by atoms with Gasteiger partial charge in [0.25, 0.3) is 10.2 Å². The van der Waals surface area contributed by atoms with Gasteiger partial charge < -0.3 is 10.1 Å². The SMILES string of the molecule is CC(C)c1cc(F)cc(Oc2c(Cl)cc(NC(=O)CC3CCN(S(N)(=O)=O)CC3)cc2Cl)c1. The van der Waals surface area contributed by atoms with Gasteiger partial charge in [-0.2, -0.15) is 12.7 Å². The summed E-state index contributed by atoms with van der Waals surface area (Å²) < 4.78 is 43.7. The molecule has 2 aromatic rings. The van der Waals surface area contributed by atoms with Crippen molar-refractivity contribution >= 4 is 45.0 Å². The molecule has 7 nitrogen and oxygen atoms in total. The molecule has 2 aromatic carbocycles. The molecule has 1 aliphatic rings. The average molecular weight is 518 g/mol. The number of nitrogens with zero attached hydrogens (tertiary/aromatic N) is 1. The number of carbonyl (C=O) groups excluding carboxylic acids is 1. The first-order valence-electron chi connectivity index (χ1n) is 10.5. The van der Waals surface area contributed by atoms with Crippen LogP contribution in [0.25, 0.3) is 0 Å². The lowest BCUT2D eigenvalue weighted by Crippen LogP contribution is -2.42. The summed E-state index contributed by atoms with van der Waals surface area (Å²) in [6.07, 6.45) is 1.32. The van der Waals surface area contributed by atoms with Crippen LogP contribution >= 0.6 is 23.2 Å². The van der Waals surface area contributed by atoms with Gasteiger partial charge in [-0.05, 0) is 54.5 Å². The minimum absolute atomic E-state index is 0.0414. The largest absolute Gasteiger partial charge is 0.454 e. The summed E-state index contributed by atoms with van der Waals surface area (Å²) in [5, 5.41) is 8.22. The van der Waals surface area contributed by atoms with E-state index in [2.05, 4.69) is 5.32 Å². The third-order valence-electron chi connectivity index (χ3n) is 5.47. The van der Waals surface area contributed by atoms with Gasteiger partial charge in [0.15, 0.2) is 5.75 Å². The maximum absolute atomic E-state index is 13.9. The van der Waals surface area contributed by atoms with E-state index >= 15 is 0 Å². The van der Waals surface area contributed by atoms with Gasteiger partial charge in [-0.1, -0.05) is 37.0 Å². The standard InChI is InChI=1S/C22H26Cl2FN3O4S/c1-13(2)15-8-16(25)10-18(9-15)32-22-19(23)11-17(12-20(22)24)27-21(29)7-14-3-5-28(6-4-14)33(26,30)31/h8-14H,3-7H2,1-2H3,(H,27,29)(H2,26,30,31). The molecule has 0 aromatic heterocycles. The van der Waals surface area contributed by atoms with Gasteiger partial charge in [0, 0.05) is 31.3 Å². The lowest BCUT2D eigenvalue weighted by Gasteiger charge is -2.29. The van der Waals surface area contributed by atoms with Crippen LogP contribution in [0.5, 0.6) is 11.5 Å². The summed E-state index contributed by atoms with van der Waals surface area (Å²) in [4.78, 5) is 12.5. The van der Waals surface area contributed by atoms with Crippen molar-refractivity contribution in [3.63, 3.8) is 0 Å². The quantitative estimate of drug-likeness (QED) is 0.520. The monoisotopic (exact) mass is 517 g/mol. The molecule has 0 bridgehead atoms. The first-order valence-corrected chi connectivity index (χ1v) is 12.7. The summed E-state index contributed by atoms with van der Waals surface area (Å²) in [6, 6.07) is 7.42. The Balaban J connectivity index is 1.64. The maximum atomic E-state index is 13.9.